The van der Waals surface area contributed by atoms with Crippen LogP contribution in [0.3, 0.4) is 0 Å². The molecule has 0 spiro atoms. The molecule has 0 aliphatic heterocycles. The van der Waals surface area contributed by atoms with Crippen LogP contribution in [0.4, 0.5) is 4.39 Å². The molecule has 0 saturated carbocycles. The van der Waals surface area contributed by atoms with Crippen LogP contribution in [-0.4, -0.2) is 24.8 Å². The highest BCUT2D eigenvalue weighted by Crippen LogP contribution is 2.03. The number of nitrogens with zero attached hydrogens (tertiary/aromatic N) is 1. The molecule has 5 heteroatoms. The molecule has 4 nitrogen and oxygen atoms in total. The van der Waals surface area contributed by atoms with Crippen LogP contribution < -0.4 is 5.32 Å². The lowest BCUT2D eigenvalue weighted by Gasteiger charge is -2.16. The summed E-state index contributed by atoms with van der Waals surface area (Å²) >= 11 is 0. The number of carbonyl (C=O) groups is 1. The van der Waals surface area contributed by atoms with E-state index in [1.54, 1.807) is 18.2 Å². The van der Waals surface area contributed by atoms with Gasteiger partial charge < -0.3 is 10.2 Å². The standard InChI is InChI=1S/C14H19FN2O2/c1-10(2)11(3)17-14(18)9-19-16-8-12-6-4-5-7-13(12)15/h4-8,10-11H,9H2,1-3H3,(H,17,18)/b16-8-/t11-/m0/s1. The Balaban J connectivity index is 2.34. The number of carbonyl (C=O) groups excluding carboxylic acids is 1. The van der Waals surface area contributed by atoms with Crippen LogP contribution in [0.2, 0.25) is 0 Å². The molecule has 0 aliphatic carbocycles. The predicted octanol–water partition coefficient (Wildman–Crippen LogP) is 2.34. The monoisotopic (exact) mass is 266 g/mol. The first kappa shape index (κ1) is 15.1. The number of hydrogen-bond donors (Lipinski definition) is 1. The van der Waals surface area contributed by atoms with E-state index in [1.807, 2.05) is 20.8 Å². The van der Waals surface area contributed by atoms with Gasteiger partial charge in [0, 0.05) is 11.6 Å². The molecule has 1 N–H and O–H groups in total. The van der Waals surface area contributed by atoms with Gasteiger partial charge in [-0.05, 0) is 18.9 Å². The van der Waals surface area contributed by atoms with Crippen molar-refractivity contribution >= 4 is 12.1 Å². The van der Waals surface area contributed by atoms with Gasteiger partial charge in [0.1, 0.15) is 5.82 Å². The van der Waals surface area contributed by atoms with E-state index in [0.717, 1.165) is 0 Å². The van der Waals surface area contributed by atoms with Gasteiger partial charge in [0.25, 0.3) is 5.91 Å². The van der Waals surface area contributed by atoms with E-state index in [4.69, 9.17) is 4.84 Å². The summed E-state index contributed by atoms with van der Waals surface area (Å²) in [5, 5.41) is 6.35. The summed E-state index contributed by atoms with van der Waals surface area (Å²) in [5.41, 5.74) is 0.318. The van der Waals surface area contributed by atoms with Crippen molar-refractivity contribution in [1.82, 2.24) is 5.32 Å². The fraction of sp³-hybridized carbons (Fsp3) is 0.429. The summed E-state index contributed by atoms with van der Waals surface area (Å²) in [5.74, 6) is -0.273. The smallest absolute Gasteiger partial charge is 0.260 e. The van der Waals surface area contributed by atoms with E-state index in [2.05, 4.69) is 10.5 Å². The minimum Gasteiger partial charge on any atom is -0.386 e. The fourth-order valence-corrected chi connectivity index (χ4v) is 1.23. The van der Waals surface area contributed by atoms with Crippen LogP contribution in [0.5, 0.6) is 0 Å². The molecule has 0 unspecified atom stereocenters. The van der Waals surface area contributed by atoms with Crippen molar-refractivity contribution in [3.8, 4) is 0 Å². The number of hydrogen-bond acceptors (Lipinski definition) is 3. The maximum atomic E-state index is 13.2. The maximum Gasteiger partial charge on any atom is 0.260 e. The summed E-state index contributed by atoms with van der Waals surface area (Å²) < 4.78 is 13.2. The number of amides is 1. The minimum absolute atomic E-state index is 0.0756. The van der Waals surface area contributed by atoms with Crippen molar-refractivity contribution in [3.05, 3.63) is 35.6 Å². The Bertz CT molecular complexity index is 447. The molecule has 19 heavy (non-hydrogen) atoms. The first-order chi connectivity index (χ1) is 9.00. The third-order valence-corrected chi connectivity index (χ3v) is 2.76. The average molecular weight is 266 g/mol. The van der Waals surface area contributed by atoms with E-state index < -0.39 is 0 Å². The van der Waals surface area contributed by atoms with Gasteiger partial charge in [-0.25, -0.2) is 4.39 Å². The molecule has 1 amide bonds. The molecule has 0 heterocycles. The van der Waals surface area contributed by atoms with E-state index >= 15 is 0 Å². The van der Waals surface area contributed by atoms with Gasteiger partial charge >= 0.3 is 0 Å². The summed E-state index contributed by atoms with van der Waals surface area (Å²) in [7, 11) is 0. The van der Waals surface area contributed by atoms with Crippen molar-refractivity contribution in [2.24, 2.45) is 11.1 Å². The molecule has 1 rings (SSSR count). The molecule has 1 aromatic rings. The molecule has 0 aromatic heterocycles. The molecule has 104 valence electrons. The predicted molar refractivity (Wildman–Crippen MR) is 72.4 cm³/mol. The lowest BCUT2D eigenvalue weighted by molar-refractivity contribution is -0.126. The first-order valence-electron chi connectivity index (χ1n) is 6.20. The Labute approximate surface area is 112 Å². The maximum absolute atomic E-state index is 13.2. The van der Waals surface area contributed by atoms with Crippen molar-refractivity contribution in [2.45, 2.75) is 26.8 Å². The zero-order valence-electron chi connectivity index (χ0n) is 11.4. The second kappa shape index (κ2) is 7.51. The Hall–Kier alpha value is -1.91. The summed E-state index contributed by atoms with van der Waals surface area (Å²) in [6.45, 7) is 5.78. The van der Waals surface area contributed by atoms with Gasteiger partial charge in [0.15, 0.2) is 6.61 Å². The largest absolute Gasteiger partial charge is 0.386 e. The first-order valence-corrected chi connectivity index (χ1v) is 6.20. The van der Waals surface area contributed by atoms with Gasteiger partial charge in [0.05, 0.1) is 6.21 Å². The van der Waals surface area contributed by atoms with Crippen LogP contribution in [0.1, 0.15) is 26.3 Å². The Morgan fingerprint density at radius 3 is 2.74 bits per heavy atom. The van der Waals surface area contributed by atoms with Crippen LogP contribution in [0.15, 0.2) is 29.4 Å². The van der Waals surface area contributed by atoms with Crippen molar-refractivity contribution in [3.63, 3.8) is 0 Å². The molecule has 0 radical (unpaired) electrons. The topological polar surface area (TPSA) is 50.7 Å². The summed E-state index contributed by atoms with van der Waals surface area (Å²) in [6, 6.07) is 6.27. The number of nitrogens with one attached hydrogen (secondary N) is 1. The van der Waals surface area contributed by atoms with Crippen LogP contribution in [0.25, 0.3) is 0 Å². The number of benzene rings is 1. The van der Waals surface area contributed by atoms with E-state index in [9.17, 15) is 9.18 Å². The van der Waals surface area contributed by atoms with E-state index in [1.165, 1.54) is 12.3 Å². The summed E-state index contributed by atoms with van der Waals surface area (Å²) in [4.78, 5) is 16.3. The Kier molecular flexibility index (Phi) is 5.99. The van der Waals surface area contributed by atoms with Gasteiger partial charge in [-0.3, -0.25) is 4.79 Å². The van der Waals surface area contributed by atoms with Crippen LogP contribution in [0, 0.1) is 11.7 Å². The quantitative estimate of drug-likeness (QED) is 0.634. The molecular weight excluding hydrogens is 247 g/mol. The zero-order valence-corrected chi connectivity index (χ0v) is 11.4. The van der Waals surface area contributed by atoms with Gasteiger partial charge in [-0.1, -0.05) is 37.2 Å². The molecule has 0 saturated heterocycles. The third-order valence-electron chi connectivity index (χ3n) is 2.76. The number of halogens is 1. The zero-order chi connectivity index (χ0) is 14.3. The van der Waals surface area contributed by atoms with Crippen molar-refractivity contribution < 1.29 is 14.0 Å². The lowest BCUT2D eigenvalue weighted by Crippen LogP contribution is -2.38. The van der Waals surface area contributed by atoms with Crippen LogP contribution >= 0.6 is 0 Å². The highest BCUT2D eigenvalue weighted by atomic mass is 19.1. The van der Waals surface area contributed by atoms with E-state index in [-0.39, 0.29) is 24.4 Å². The van der Waals surface area contributed by atoms with Gasteiger partial charge in [-0.15, -0.1) is 0 Å². The lowest BCUT2D eigenvalue weighted by atomic mass is 10.1. The molecule has 0 bridgehead atoms. The minimum atomic E-state index is -0.382. The second-order valence-electron chi connectivity index (χ2n) is 4.63. The van der Waals surface area contributed by atoms with Gasteiger partial charge in [0.2, 0.25) is 0 Å². The van der Waals surface area contributed by atoms with Crippen molar-refractivity contribution in [2.75, 3.05) is 6.61 Å². The summed E-state index contributed by atoms with van der Waals surface area (Å²) in [6.07, 6.45) is 1.24. The molecule has 0 fully saturated rings. The Morgan fingerprint density at radius 2 is 2.11 bits per heavy atom. The number of rotatable bonds is 6. The number of oxime groups is 1. The average Bonchev–Trinajstić information content (AvgIpc) is 2.36. The third kappa shape index (κ3) is 5.50. The molecule has 1 aromatic carbocycles. The highest BCUT2D eigenvalue weighted by Gasteiger charge is 2.10. The molecule has 0 aliphatic rings. The normalized spacial score (nSPS) is 12.7. The Morgan fingerprint density at radius 1 is 1.42 bits per heavy atom. The fourth-order valence-electron chi connectivity index (χ4n) is 1.23. The second-order valence-corrected chi connectivity index (χ2v) is 4.63. The van der Waals surface area contributed by atoms with Crippen LogP contribution in [-0.2, 0) is 9.63 Å². The highest BCUT2D eigenvalue weighted by molar-refractivity contribution is 5.80. The molecular formula is C14H19FN2O2. The van der Waals surface area contributed by atoms with E-state index in [0.29, 0.717) is 11.5 Å². The SMILES string of the molecule is CC(C)[C@H](C)NC(=O)CO/N=C\c1ccccc1F. The van der Waals surface area contributed by atoms with Crippen molar-refractivity contribution in [1.29, 1.82) is 0 Å². The van der Waals surface area contributed by atoms with Gasteiger partial charge in [-0.2, -0.15) is 0 Å². The molecule has 1 atom stereocenters.